The van der Waals surface area contributed by atoms with Crippen molar-refractivity contribution in [3.63, 3.8) is 0 Å². The zero-order valence-corrected chi connectivity index (χ0v) is 13.0. The average molecular weight is 303 g/mol. The highest BCUT2D eigenvalue weighted by atomic mass is 16.3. The molecule has 2 atom stereocenters. The van der Waals surface area contributed by atoms with E-state index in [9.17, 15) is 14.7 Å². The van der Waals surface area contributed by atoms with Gasteiger partial charge in [0.25, 0.3) is 11.5 Å². The Morgan fingerprint density at radius 2 is 2.00 bits per heavy atom. The molecule has 2 aromatic rings. The van der Waals surface area contributed by atoms with Gasteiger partial charge in [0, 0.05) is 12.4 Å². The molecule has 1 amide bonds. The fourth-order valence-electron chi connectivity index (χ4n) is 2.36. The largest absolute Gasteiger partial charge is 0.394 e. The number of aliphatic hydroxyl groups excluding tert-OH is 1. The summed E-state index contributed by atoms with van der Waals surface area (Å²) in [6, 6.07) is 6.55. The van der Waals surface area contributed by atoms with Gasteiger partial charge in [0.2, 0.25) is 0 Å². The van der Waals surface area contributed by atoms with Crippen LogP contribution < -0.4 is 10.9 Å². The van der Waals surface area contributed by atoms with Gasteiger partial charge in [-0.3, -0.25) is 9.59 Å². The van der Waals surface area contributed by atoms with Crippen LogP contribution in [0, 0.1) is 5.92 Å². The van der Waals surface area contributed by atoms with Crippen LogP contribution in [0.1, 0.15) is 30.8 Å². The highest BCUT2D eigenvalue weighted by Gasteiger charge is 2.21. The van der Waals surface area contributed by atoms with Gasteiger partial charge >= 0.3 is 0 Å². The summed E-state index contributed by atoms with van der Waals surface area (Å²) in [4.78, 5) is 24.6. The van der Waals surface area contributed by atoms with Crippen molar-refractivity contribution in [2.75, 3.05) is 6.61 Å². The van der Waals surface area contributed by atoms with E-state index in [1.807, 2.05) is 13.8 Å². The van der Waals surface area contributed by atoms with Crippen molar-refractivity contribution in [2.45, 2.75) is 26.3 Å². The third kappa shape index (κ3) is 3.01. The quantitative estimate of drug-likeness (QED) is 0.865. The Balaban J connectivity index is 2.44. The number of hydrogen-bond acceptors (Lipinski definition) is 4. The Kier molecular flexibility index (Phi) is 4.92. The lowest BCUT2D eigenvalue weighted by molar-refractivity contribution is 0.0886. The van der Waals surface area contributed by atoms with Gasteiger partial charge in [-0.1, -0.05) is 38.5 Å². The lowest BCUT2D eigenvalue weighted by atomic mass is 9.99. The van der Waals surface area contributed by atoms with Gasteiger partial charge in [-0.25, -0.2) is 4.68 Å². The monoisotopic (exact) mass is 303 g/mol. The minimum absolute atomic E-state index is 0.134. The second-order valence-corrected chi connectivity index (χ2v) is 5.47. The van der Waals surface area contributed by atoms with Crippen LogP contribution >= 0.6 is 0 Å². The third-order valence-corrected chi connectivity index (χ3v) is 4.02. The van der Waals surface area contributed by atoms with Crippen LogP contribution in [0.3, 0.4) is 0 Å². The lowest BCUT2D eigenvalue weighted by Gasteiger charge is -2.22. The number of nitrogens with one attached hydrogen (secondary N) is 1. The number of benzene rings is 1. The van der Waals surface area contributed by atoms with Crippen LogP contribution in [0.25, 0.3) is 10.8 Å². The van der Waals surface area contributed by atoms with Crippen molar-refractivity contribution in [3.05, 3.63) is 40.3 Å². The van der Waals surface area contributed by atoms with E-state index < -0.39 is 0 Å². The van der Waals surface area contributed by atoms with Gasteiger partial charge in [-0.2, -0.15) is 5.10 Å². The first-order valence-corrected chi connectivity index (χ1v) is 7.37. The predicted octanol–water partition coefficient (Wildman–Crippen LogP) is 1.07. The molecule has 118 valence electrons. The van der Waals surface area contributed by atoms with Gasteiger partial charge < -0.3 is 10.4 Å². The molecule has 2 N–H and O–H groups in total. The molecule has 0 radical (unpaired) electrons. The second-order valence-electron chi connectivity index (χ2n) is 5.47. The normalized spacial score (nSPS) is 13.8. The fourth-order valence-corrected chi connectivity index (χ4v) is 2.36. The fraction of sp³-hybridized carbons (Fsp3) is 0.438. The molecule has 2 rings (SSSR count). The molecule has 0 saturated heterocycles. The molecule has 6 heteroatoms. The maximum atomic E-state index is 12.5. The predicted molar refractivity (Wildman–Crippen MR) is 84.8 cm³/mol. The number of aromatic nitrogens is 2. The summed E-state index contributed by atoms with van der Waals surface area (Å²) in [6.45, 7) is 3.83. The SMILES string of the molecule is CC[C@@H](C)[C@@H](CO)NC(=O)c1nn(C)c(=O)c2ccccc12. The number of nitrogens with zero attached hydrogens (tertiary/aromatic N) is 2. The molecule has 0 aliphatic rings. The summed E-state index contributed by atoms with van der Waals surface area (Å²) < 4.78 is 1.16. The Labute approximate surface area is 128 Å². The van der Waals surface area contributed by atoms with Gasteiger partial charge in [0.05, 0.1) is 18.0 Å². The Morgan fingerprint density at radius 3 is 2.59 bits per heavy atom. The van der Waals surface area contributed by atoms with Crippen molar-refractivity contribution < 1.29 is 9.90 Å². The molecule has 6 nitrogen and oxygen atoms in total. The third-order valence-electron chi connectivity index (χ3n) is 4.02. The van der Waals surface area contributed by atoms with Crippen LogP contribution in [-0.4, -0.2) is 33.4 Å². The molecule has 0 aliphatic carbocycles. The van der Waals surface area contributed by atoms with Crippen molar-refractivity contribution >= 4 is 16.7 Å². The second kappa shape index (κ2) is 6.70. The summed E-state index contributed by atoms with van der Waals surface area (Å²) in [5.41, 5.74) is -0.0489. The molecule has 22 heavy (non-hydrogen) atoms. The number of hydrogen-bond donors (Lipinski definition) is 2. The van der Waals surface area contributed by atoms with Crippen molar-refractivity contribution in [1.82, 2.24) is 15.1 Å². The first-order chi connectivity index (χ1) is 10.5. The number of fused-ring (bicyclic) bond motifs is 1. The zero-order valence-electron chi connectivity index (χ0n) is 13.0. The number of carbonyl (C=O) groups excluding carboxylic acids is 1. The molecule has 1 heterocycles. The van der Waals surface area contributed by atoms with Crippen LogP contribution in [0.15, 0.2) is 29.1 Å². The molecular formula is C16H21N3O3. The Hall–Kier alpha value is -2.21. The molecule has 0 bridgehead atoms. The summed E-state index contributed by atoms with van der Waals surface area (Å²) in [5, 5.41) is 17.3. The smallest absolute Gasteiger partial charge is 0.274 e. The highest BCUT2D eigenvalue weighted by Crippen LogP contribution is 2.14. The summed E-state index contributed by atoms with van der Waals surface area (Å²) >= 11 is 0. The van der Waals surface area contributed by atoms with Gasteiger partial charge in [0.1, 0.15) is 0 Å². The molecule has 0 unspecified atom stereocenters. The Bertz CT molecular complexity index is 739. The topological polar surface area (TPSA) is 84.2 Å². The summed E-state index contributed by atoms with van der Waals surface area (Å²) in [6.07, 6.45) is 0.840. The molecule has 0 fully saturated rings. The number of rotatable bonds is 5. The van der Waals surface area contributed by atoms with Crippen LogP contribution in [0.2, 0.25) is 0 Å². The maximum Gasteiger partial charge on any atom is 0.274 e. The van der Waals surface area contributed by atoms with Crippen molar-refractivity contribution in [3.8, 4) is 0 Å². The maximum absolute atomic E-state index is 12.5. The molecule has 0 aliphatic heterocycles. The lowest BCUT2D eigenvalue weighted by Crippen LogP contribution is -2.42. The van der Waals surface area contributed by atoms with Gasteiger partial charge in [-0.05, 0) is 12.0 Å². The van der Waals surface area contributed by atoms with E-state index >= 15 is 0 Å². The van der Waals surface area contributed by atoms with Crippen molar-refractivity contribution in [2.24, 2.45) is 13.0 Å². The average Bonchev–Trinajstić information content (AvgIpc) is 2.55. The van der Waals surface area contributed by atoms with E-state index in [1.165, 1.54) is 7.05 Å². The number of amides is 1. The minimum atomic E-state index is -0.383. The summed E-state index contributed by atoms with van der Waals surface area (Å²) in [7, 11) is 1.52. The molecule has 1 aromatic heterocycles. The van der Waals surface area contributed by atoms with Crippen LogP contribution in [0.5, 0.6) is 0 Å². The van der Waals surface area contributed by atoms with E-state index in [-0.39, 0.29) is 35.7 Å². The standard InChI is InChI=1S/C16H21N3O3/c1-4-10(2)13(9-20)17-15(21)14-11-7-5-6-8-12(11)16(22)19(3)18-14/h5-8,10,13,20H,4,9H2,1-3H3,(H,17,21)/t10-,13-/m1/s1. The van der Waals surface area contributed by atoms with E-state index in [0.29, 0.717) is 10.8 Å². The minimum Gasteiger partial charge on any atom is -0.394 e. The number of carbonyl (C=O) groups is 1. The Morgan fingerprint density at radius 1 is 1.36 bits per heavy atom. The molecular weight excluding hydrogens is 282 g/mol. The highest BCUT2D eigenvalue weighted by molar-refractivity contribution is 6.04. The van der Waals surface area contributed by atoms with E-state index in [0.717, 1.165) is 11.1 Å². The van der Waals surface area contributed by atoms with Gasteiger partial charge in [-0.15, -0.1) is 0 Å². The molecule has 0 spiro atoms. The number of aliphatic hydroxyl groups is 1. The zero-order chi connectivity index (χ0) is 16.3. The molecule has 0 saturated carbocycles. The first-order valence-electron chi connectivity index (χ1n) is 7.37. The van der Waals surface area contributed by atoms with E-state index in [1.54, 1.807) is 24.3 Å². The van der Waals surface area contributed by atoms with E-state index in [2.05, 4.69) is 10.4 Å². The molecule has 1 aromatic carbocycles. The van der Waals surface area contributed by atoms with E-state index in [4.69, 9.17) is 0 Å². The van der Waals surface area contributed by atoms with Crippen LogP contribution in [0.4, 0.5) is 0 Å². The first kappa shape index (κ1) is 16.2. The summed E-state index contributed by atoms with van der Waals surface area (Å²) in [5.74, 6) is -0.237. The van der Waals surface area contributed by atoms with Gasteiger partial charge in [0.15, 0.2) is 5.69 Å². The van der Waals surface area contributed by atoms with Crippen molar-refractivity contribution in [1.29, 1.82) is 0 Å². The van der Waals surface area contributed by atoms with Crippen LogP contribution in [-0.2, 0) is 7.05 Å². The number of aryl methyl sites for hydroxylation is 1.